The van der Waals surface area contributed by atoms with Crippen LogP contribution in [0.15, 0.2) is 64.0 Å². The summed E-state index contributed by atoms with van der Waals surface area (Å²) in [5.74, 6) is 0.334. The van der Waals surface area contributed by atoms with Crippen molar-refractivity contribution in [3.63, 3.8) is 0 Å². The van der Waals surface area contributed by atoms with E-state index >= 15 is 0 Å². The average molecular weight is 392 g/mol. The fraction of sp³-hybridized carbons (Fsp3) is 0.318. The molecule has 1 amide bonds. The second kappa shape index (κ2) is 8.45. The number of carbonyl (C=O) groups excluding carboxylic acids is 1. The molecule has 3 heterocycles. The number of benzene rings is 1. The van der Waals surface area contributed by atoms with Crippen molar-refractivity contribution in [3.8, 4) is 5.69 Å². The van der Waals surface area contributed by atoms with Crippen molar-refractivity contribution in [2.45, 2.75) is 25.8 Å². The number of rotatable bonds is 6. The normalized spacial score (nSPS) is 15.3. The van der Waals surface area contributed by atoms with Gasteiger partial charge in [-0.05, 0) is 57.1 Å². The molecule has 0 bridgehead atoms. The Bertz CT molecular complexity index is 1020. The third kappa shape index (κ3) is 4.14. The average Bonchev–Trinajstić information content (AvgIpc) is 3.44. The Morgan fingerprint density at radius 2 is 1.93 bits per heavy atom. The van der Waals surface area contributed by atoms with Gasteiger partial charge in [-0.2, -0.15) is 5.10 Å². The third-order valence-electron chi connectivity index (χ3n) is 5.23. The maximum absolute atomic E-state index is 12.8. The van der Waals surface area contributed by atoms with Crippen molar-refractivity contribution in [2.75, 3.05) is 19.6 Å². The first kappa shape index (κ1) is 19.1. The van der Waals surface area contributed by atoms with Crippen LogP contribution in [0.1, 0.15) is 40.8 Å². The molecule has 150 valence electrons. The Balaban J connectivity index is 1.55. The molecule has 0 saturated carbocycles. The zero-order chi connectivity index (χ0) is 20.2. The molecule has 29 heavy (non-hydrogen) atoms. The number of hydrogen-bond donors (Lipinski definition) is 1. The van der Waals surface area contributed by atoms with Gasteiger partial charge in [-0.25, -0.2) is 4.68 Å². The monoisotopic (exact) mass is 392 g/mol. The molecule has 1 aliphatic rings. The Morgan fingerprint density at radius 1 is 1.17 bits per heavy atom. The highest BCUT2D eigenvalue weighted by molar-refractivity contribution is 5.92. The molecule has 1 fully saturated rings. The summed E-state index contributed by atoms with van der Waals surface area (Å²) >= 11 is 0. The number of amides is 1. The predicted octanol–water partition coefficient (Wildman–Crippen LogP) is 2.70. The summed E-state index contributed by atoms with van der Waals surface area (Å²) in [4.78, 5) is 27.5. The van der Waals surface area contributed by atoms with Crippen LogP contribution >= 0.6 is 0 Å². The van der Waals surface area contributed by atoms with Crippen molar-refractivity contribution < 1.29 is 9.21 Å². The van der Waals surface area contributed by atoms with E-state index in [1.165, 1.54) is 6.07 Å². The van der Waals surface area contributed by atoms with Crippen LogP contribution in [0.25, 0.3) is 5.69 Å². The molecule has 7 heteroatoms. The highest BCUT2D eigenvalue weighted by Gasteiger charge is 2.26. The van der Waals surface area contributed by atoms with Gasteiger partial charge < -0.3 is 9.73 Å². The van der Waals surface area contributed by atoms with Crippen molar-refractivity contribution in [1.29, 1.82) is 0 Å². The lowest BCUT2D eigenvalue weighted by atomic mass is 10.2. The lowest BCUT2D eigenvalue weighted by Crippen LogP contribution is -2.39. The molecule has 1 saturated heterocycles. The van der Waals surface area contributed by atoms with Crippen LogP contribution in [0.4, 0.5) is 0 Å². The van der Waals surface area contributed by atoms with Gasteiger partial charge in [0.05, 0.1) is 18.0 Å². The fourth-order valence-corrected chi connectivity index (χ4v) is 3.75. The summed E-state index contributed by atoms with van der Waals surface area (Å²) in [6.45, 7) is 4.08. The van der Waals surface area contributed by atoms with Gasteiger partial charge in [-0.3, -0.25) is 14.5 Å². The van der Waals surface area contributed by atoms with Gasteiger partial charge in [0, 0.05) is 18.3 Å². The zero-order valence-corrected chi connectivity index (χ0v) is 16.4. The summed E-state index contributed by atoms with van der Waals surface area (Å²) in [5, 5.41) is 7.22. The molecule has 1 atom stereocenters. The Kier molecular flexibility index (Phi) is 5.57. The molecule has 1 N–H and O–H groups in total. The zero-order valence-electron chi connectivity index (χ0n) is 16.4. The Morgan fingerprint density at radius 3 is 2.62 bits per heavy atom. The van der Waals surface area contributed by atoms with Crippen LogP contribution in [0.2, 0.25) is 0 Å². The van der Waals surface area contributed by atoms with E-state index in [0.29, 0.717) is 12.2 Å². The van der Waals surface area contributed by atoms with E-state index in [-0.39, 0.29) is 17.2 Å². The number of likely N-dealkylation sites (tertiary alicyclic amines) is 1. The molecule has 7 nitrogen and oxygen atoms in total. The van der Waals surface area contributed by atoms with Gasteiger partial charge >= 0.3 is 0 Å². The maximum atomic E-state index is 12.8. The highest BCUT2D eigenvalue weighted by Crippen LogP contribution is 2.24. The highest BCUT2D eigenvalue weighted by atomic mass is 16.3. The largest absolute Gasteiger partial charge is 0.468 e. The minimum Gasteiger partial charge on any atom is -0.468 e. The second-order valence-electron chi connectivity index (χ2n) is 7.23. The molecule has 4 rings (SSSR count). The number of carbonyl (C=O) groups is 1. The van der Waals surface area contributed by atoms with Crippen LogP contribution in [-0.4, -0.2) is 40.2 Å². The summed E-state index contributed by atoms with van der Waals surface area (Å²) < 4.78 is 7.20. The Labute approximate surface area is 169 Å². The number of furan rings is 1. The van der Waals surface area contributed by atoms with Crippen molar-refractivity contribution in [3.05, 3.63) is 82.2 Å². The number of nitrogens with one attached hydrogen (secondary N) is 1. The quantitative estimate of drug-likeness (QED) is 0.698. The second-order valence-corrected chi connectivity index (χ2v) is 7.23. The first-order valence-electron chi connectivity index (χ1n) is 9.85. The number of nitrogens with zero attached hydrogens (tertiary/aromatic N) is 3. The van der Waals surface area contributed by atoms with Gasteiger partial charge in [0.1, 0.15) is 5.76 Å². The van der Waals surface area contributed by atoms with Crippen molar-refractivity contribution in [2.24, 2.45) is 0 Å². The number of para-hydroxylation sites is 1. The summed E-state index contributed by atoms with van der Waals surface area (Å²) in [6.07, 6.45) is 3.90. The molecule has 3 aromatic rings. The van der Waals surface area contributed by atoms with Gasteiger partial charge in [0.15, 0.2) is 5.69 Å². The van der Waals surface area contributed by atoms with Crippen molar-refractivity contribution in [1.82, 2.24) is 20.0 Å². The smallest absolute Gasteiger partial charge is 0.275 e. The third-order valence-corrected chi connectivity index (χ3v) is 5.23. The molecular formula is C22H24N4O3. The summed E-state index contributed by atoms with van der Waals surface area (Å²) in [6, 6.07) is 14.6. The SMILES string of the molecule is Cc1cc(=O)c(C(=O)NCC(c2ccco2)N2CCCC2)nn1-c1ccccc1. The lowest BCUT2D eigenvalue weighted by Gasteiger charge is -2.25. The van der Waals surface area contributed by atoms with Crippen LogP contribution in [0, 0.1) is 6.92 Å². The summed E-state index contributed by atoms with van der Waals surface area (Å²) in [7, 11) is 0. The molecular weight excluding hydrogens is 368 g/mol. The topological polar surface area (TPSA) is 80.4 Å². The standard InChI is InChI=1S/C22H24N4O3/c1-16-14-19(27)21(24-26(16)17-8-3-2-4-9-17)22(28)23-15-18(20-10-7-13-29-20)25-11-5-6-12-25/h2-4,7-10,13-14,18H,5-6,11-12,15H2,1H3,(H,23,28). The van der Waals surface area contributed by atoms with Gasteiger partial charge in [-0.1, -0.05) is 18.2 Å². The lowest BCUT2D eigenvalue weighted by molar-refractivity contribution is 0.0926. The first-order chi connectivity index (χ1) is 14.1. The van der Waals surface area contributed by atoms with Gasteiger partial charge in [0.25, 0.3) is 5.91 Å². The molecule has 1 aromatic carbocycles. The van der Waals surface area contributed by atoms with E-state index in [1.54, 1.807) is 17.9 Å². The maximum Gasteiger partial charge on any atom is 0.275 e. The van der Waals surface area contributed by atoms with E-state index in [0.717, 1.165) is 37.4 Å². The Hall–Kier alpha value is -3.19. The van der Waals surface area contributed by atoms with Crippen LogP contribution in [0.5, 0.6) is 0 Å². The van der Waals surface area contributed by atoms with Gasteiger partial charge in [-0.15, -0.1) is 0 Å². The van der Waals surface area contributed by atoms with E-state index < -0.39 is 5.91 Å². The van der Waals surface area contributed by atoms with E-state index in [1.807, 2.05) is 42.5 Å². The van der Waals surface area contributed by atoms with Crippen molar-refractivity contribution >= 4 is 5.91 Å². The molecule has 1 unspecified atom stereocenters. The number of aromatic nitrogens is 2. The minimum atomic E-state index is -0.476. The minimum absolute atomic E-state index is 0.0572. The van der Waals surface area contributed by atoms with Crippen LogP contribution < -0.4 is 10.7 Å². The molecule has 1 aliphatic heterocycles. The number of hydrogen-bond acceptors (Lipinski definition) is 5. The molecule has 0 radical (unpaired) electrons. The number of aryl methyl sites for hydroxylation is 1. The molecule has 2 aromatic heterocycles. The predicted molar refractivity (Wildman–Crippen MR) is 109 cm³/mol. The molecule has 0 spiro atoms. The summed E-state index contributed by atoms with van der Waals surface area (Å²) in [5.41, 5.74) is 0.967. The first-order valence-corrected chi connectivity index (χ1v) is 9.85. The fourth-order valence-electron chi connectivity index (χ4n) is 3.75. The van der Waals surface area contributed by atoms with Crippen LogP contribution in [-0.2, 0) is 0 Å². The van der Waals surface area contributed by atoms with Gasteiger partial charge in [0.2, 0.25) is 5.43 Å². The van der Waals surface area contributed by atoms with E-state index in [4.69, 9.17) is 4.42 Å². The van der Waals surface area contributed by atoms with E-state index in [9.17, 15) is 9.59 Å². The van der Waals surface area contributed by atoms with Crippen LogP contribution in [0.3, 0.4) is 0 Å². The van der Waals surface area contributed by atoms with E-state index in [2.05, 4.69) is 15.3 Å². The molecule has 0 aliphatic carbocycles.